The fourth-order valence-corrected chi connectivity index (χ4v) is 8.38. The van der Waals surface area contributed by atoms with E-state index in [1.807, 2.05) is 27.2 Å². The summed E-state index contributed by atoms with van der Waals surface area (Å²) in [7, 11) is 1.54. The first-order valence-electron chi connectivity index (χ1n) is 28.1. The first kappa shape index (κ1) is 66.4. The van der Waals surface area contributed by atoms with Crippen molar-refractivity contribution in [3.8, 4) is 0 Å². The van der Waals surface area contributed by atoms with E-state index >= 15 is 0 Å². The van der Waals surface area contributed by atoms with E-state index in [2.05, 4.69) is 104 Å². The van der Waals surface area contributed by atoms with E-state index < -0.39 is 20.0 Å². The molecule has 0 spiro atoms. The first-order chi connectivity index (χ1) is 33.5. The van der Waals surface area contributed by atoms with Gasteiger partial charge in [-0.15, -0.1) is 0 Å². The van der Waals surface area contributed by atoms with Crippen molar-refractivity contribution in [1.29, 1.82) is 0 Å². The summed E-state index contributed by atoms with van der Waals surface area (Å²) >= 11 is 0. The van der Waals surface area contributed by atoms with Crippen molar-refractivity contribution in [3.63, 3.8) is 0 Å². The maximum atomic E-state index is 13.0. The summed E-state index contributed by atoms with van der Waals surface area (Å²) in [4.78, 5) is 23.3. The highest BCUT2D eigenvalue weighted by molar-refractivity contribution is 7.47. The maximum absolute atomic E-state index is 13.0. The van der Waals surface area contributed by atoms with Crippen LogP contribution in [0.5, 0.6) is 0 Å². The molecule has 0 saturated carbocycles. The third-order valence-corrected chi connectivity index (χ3v) is 13.0. The van der Waals surface area contributed by atoms with Gasteiger partial charge >= 0.3 is 7.82 Å². The minimum absolute atomic E-state index is 0.0509. The van der Waals surface area contributed by atoms with Crippen LogP contribution < -0.4 is 5.32 Å². The van der Waals surface area contributed by atoms with Crippen molar-refractivity contribution >= 4 is 13.7 Å². The molecule has 69 heavy (non-hydrogen) atoms. The second-order valence-electron chi connectivity index (χ2n) is 19.9. The summed E-state index contributed by atoms with van der Waals surface area (Å²) in [6, 6.07) is -0.872. The molecule has 0 aliphatic rings. The van der Waals surface area contributed by atoms with E-state index in [1.54, 1.807) is 6.08 Å². The molecule has 0 aliphatic heterocycles. The highest BCUT2D eigenvalue weighted by atomic mass is 31.2. The molecule has 0 aromatic heterocycles. The number of aliphatic hydroxyl groups excluding tert-OH is 1. The number of phosphoric acid groups is 1. The van der Waals surface area contributed by atoms with Gasteiger partial charge in [0.15, 0.2) is 0 Å². The fourth-order valence-electron chi connectivity index (χ4n) is 7.65. The summed E-state index contributed by atoms with van der Waals surface area (Å²) in [5, 5.41) is 13.9. The van der Waals surface area contributed by atoms with Gasteiger partial charge in [0.25, 0.3) is 0 Å². The molecule has 9 heteroatoms. The van der Waals surface area contributed by atoms with Crippen LogP contribution in [-0.4, -0.2) is 73.4 Å². The topological polar surface area (TPSA) is 105 Å². The molecular formula is C60H108N2O6P+. The van der Waals surface area contributed by atoms with Crippen LogP contribution in [0.25, 0.3) is 0 Å². The normalized spacial score (nSPS) is 14.7. The number of quaternary nitrogens is 1. The minimum atomic E-state index is -4.36. The Morgan fingerprint density at radius 3 is 1.33 bits per heavy atom. The molecule has 1 amide bonds. The molecule has 0 bridgehead atoms. The second kappa shape index (κ2) is 50.4. The highest BCUT2D eigenvalue weighted by Crippen LogP contribution is 2.43. The number of allylic oxidation sites excluding steroid dienone is 15. The Kier molecular flexibility index (Phi) is 48.5. The molecule has 0 aromatic rings. The second-order valence-corrected chi connectivity index (χ2v) is 21.4. The van der Waals surface area contributed by atoms with E-state index in [0.29, 0.717) is 17.4 Å². The van der Waals surface area contributed by atoms with Gasteiger partial charge in [-0.3, -0.25) is 13.8 Å². The monoisotopic (exact) mass is 984 g/mol. The number of likely N-dealkylation sites (N-methyl/N-ethyl adjacent to an activating group) is 1. The van der Waals surface area contributed by atoms with Crippen LogP contribution in [0.4, 0.5) is 0 Å². The molecule has 3 atom stereocenters. The van der Waals surface area contributed by atoms with Gasteiger partial charge in [0.05, 0.1) is 39.9 Å². The molecule has 0 rings (SSSR count). The molecule has 3 unspecified atom stereocenters. The SMILES string of the molecule is CC/C=C\C/C=C\C/C=C\C/C=C\C/C=C\C/C=C\CCCCCCCCCCCCC(=O)NC(COP(=O)(O)OCC[N+](C)(C)C)C(O)/C=C/CC/C=C/CCCCCCCCCCCCCC. The molecule has 0 aliphatic carbocycles. The highest BCUT2D eigenvalue weighted by Gasteiger charge is 2.27. The molecule has 3 N–H and O–H groups in total. The number of carbonyl (C=O) groups excluding carboxylic acids is 1. The van der Waals surface area contributed by atoms with E-state index in [1.165, 1.54) is 122 Å². The Balaban J connectivity index is 4.27. The van der Waals surface area contributed by atoms with E-state index in [-0.39, 0.29) is 19.1 Å². The zero-order chi connectivity index (χ0) is 50.6. The van der Waals surface area contributed by atoms with Gasteiger partial charge < -0.3 is 19.8 Å². The average Bonchev–Trinajstić information content (AvgIpc) is 3.31. The lowest BCUT2D eigenvalue weighted by molar-refractivity contribution is -0.870. The van der Waals surface area contributed by atoms with E-state index in [9.17, 15) is 19.4 Å². The number of hydrogen-bond donors (Lipinski definition) is 3. The van der Waals surface area contributed by atoms with Crippen molar-refractivity contribution in [3.05, 3.63) is 97.2 Å². The van der Waals surface area contributed by atoms with Gasteiger partial charge in [-0.25, -0.2) is 4.57 Å². The number of phosphoric ester groups is 1. The number of nitrogens with zero attached hydrogens (tertiary/aromatic N) is 1. The van der Waals surface area contributed by atoms with Crippen LogP contribution in [-0.2, 0) is 18.4 Å². The van der Waals surface area contributed by atoms with Crippen molar-refractivity contribution in [2.24, 2.45) is 0 Å². The average molecular weight is 985 g/mol. The molecule has 0 radical (unpaired) electrons. The van der Waals surface area contributed by atoms with E-state index in [0.717, 1.165) is 83.5 Å². The summed E-state index contributed by atoms with van der Waals surface area (Å²) < 4.78 is 23.7. The van der Waals surface area contributed by atoms with Crippen LogP contribution in [0.15, 0.2) is 97.2 Å². The number of nitrogens with one attached hydrogen (secondary N) is 1. The number of hydrogen-bond acceptors (Lipinski definition) is 5. The van der Waals surface area contributed by atoms with Gasteiger partial charge in [0, 0.05) is 6.42 Å². The van der Waals surface area contributed by atoms with Crippen molar-refractivity contribution in [1.82, 2.24) is 5.32 Å². The zero-order valence-electron chi connectivity index (χ0n) is 45.3. The van der Waals surface area contributed by atoms with Crippen LogP contribution in [0, 0.1) is 0 Å². The maximum Gasteiger partial charge on any atom is 0.472 e. The number of carbonyl (C=O) groups is 1. The van der Waals surface area contributed by atoms with Crippen LogP contribution in [0.3, 0.4) is 0 Å². The third kappa shape index (κ3) is 53.1. The molecule has 0 saturated heterocycles. The Morgan fingerprint density at radius 1 is 0.507 bits per heavy atom. The predicted molar refractivity (Wildman–Crippen MR) is 299 cm³/mol. The lowest BCUT2D eigenvalue weighted by atomic mass is 10.0. The molecule has 8 nitrogen and oxygen atoms in total. The van der Waals surface area contributed by atoms with Crippen molar-refractivity contribution in [2.45, 2.75) is 238 Å². The van der Waals surface area contributed by atoms with Crippen molar-refractivity contribution in [2.75, 3.05) is 40.9 Å². The van der Waals surface area contributed by atoms with Crippen LogP contribution >= 0.6 is 7.82 Å². The van der Waals surface area contributed by atoms with Gasteiger partial charge in [0.1, 0.15) is 13.2 Å². The molecule has 398 valence electrons. The number of aliphatic hydroxyl groups is 1. The number of amides is 1. The summed E-state index contributed by atoms with van der Waals surface area (Å²) in [6.45, 7) is 4.68. The van der Waals surface area contributed by atoms with Crippen LogP contribution in [0.1, 0.15) is 226 Å². The Hall–Kier alpha value is -2.58. The van der Waals surface area contributed by atoms with Crippen LogP contribution in [0.2, 0.25) is 0 Å². The zero-order valence-corrected chi connectivity index (χ0v) is 46.2. The minimum Gasteiger partial charge on any atom is -0.387 e. The standard InChI is InChI=1S/C60H107N2O6P/c1-6-8-10-12-14-16-18-20-22-24-26-27-28-29-30-31-32-33-34-35-36-38-40-42-44-46-48-50-52-54-60(64)61-58(57-68-69(65,66)67-56-55-62(3,4)5)59(63)53-51-49-47-45-43-41-39-37-25-23-21-19-17-15-13-11-9-7-2/h8,10,14,16,20,22,26-27,29-30,32-33,43,45,51,53,58-59,63H,6-7,9,11-13,15,17-19,21,23-25,28,31,34-42,44,46-50,52,54-57H2,1-5H3,(H-,61,64,65,66)/p+1/b10-8-,16-14-,22-20-,27-26-,30-29-,33-32-,45-43+,53-51+. The lowest BCUT2D eigenvalue weighted by Crippen LogP contribution is -2.45. The summed E-state index contributed by atoms with van der Waals surface area (Å²) in [6.07, 6.45) is 72.1. The summed E-state index contributed by atoms with van der Waals surface area (Å²) in [5.74, 6) is -0.195. The lowest BCUT2D eigenvalue weighted by Gasteiger charge is -2.25. The van der Waals surface area contributed by atoms with Gasteiger partial charge in [-0.05, 0) is 83.5 Å². The quantitative estimate of drug-likeness (QED) is 0.0243. The van der Waals surface area contributed by atoms with E-state index in [4.69, 9.17) is 9.05 Å². The van der Waals surface area contributed by atoms with Crippen molar-refractivity contribution < 1.29 is 32.9 Å². The largest absolute Gasteiger partial charge is 0.472 e. The Bertz CT molecular complexity index is 1440. The van der Waals surface area contributed by atoms with Gasteiger partial charge in [-0.2, -0.15) is 0 Å². The Morgan fingerprint density at radius 2 is 0.884 bits per heavy atom. The smallest absolute Gasteiger partial charge is 0.387 e. The number of unbranched alkanes of at least 4 members (excludes halogenated alkanes) is 23. The third-order valence-electron chi connectivity index (χ3n) is 12.0. The molecule has 0 heterocycles. The van der Waals surface area contributed by atoms with Gasteiger partial charge in [-0.1, -0.05) is 233 Å². The molecular weight excluding hydrogens is 876 g/mol. The molecule has 0 aromatic carbocycles. The summed E-state index contributed by atoms with van der Waals surface area (Å²) in [5.41, 5.74) is 0. The fraction of sp³-hybridized carbons (Fsp3) is 0.717. The van der Waals surface area contributed by atoms with Gasteiger partial charge in [0.2, 0.25) is 5.91 Å². The molecule has 0 fully saturated rings. The number of rotatable bonds is 50. The first-order valence-corrected chi connectivity index (χ1v) is 29.6. The Labute approximate surface area is 426 Å². The predicted octanol–water partition coefficient (Wildman–Crippen LogP) is 17.0.